The molecule has 9 heteroatoms. The Morgan fingerprint density at radius 3 is 2.59 bits per heavy atom. The number of benzene rings is 1. The van der Waals surface area contributed by atoms with E-state index in [1.54, 1.807) is 13.1 Å². The number of nitrogens with one attached hydrogen (secondary N) is 1. The summed E-state index contributed by atoms with van der Waals surface area (Å²) in [6, 6.07) is 6.61. The van der Waals surface area contributed by atoms with E-state index in [0.29, 0.717) is 5.75 Å². The van der Waals surface area contributed by atoms with Gasteiger partial charge in [0.2, 0.25) is 5.91 Å². The maximum atomic E-state index is 12.9. The van der Waals surface area contributed by atoms with Gasteiger partial charge in [-0.25, -0.2) is 0 Å². The van der Waals surface area contributed by atoms with Crippen molar-refractivity contribution in [3.05, 3.63) is 48.6 Å². The average Bonchev–Trinajstić information content (AvgIpc) is 3.29. The maximum Gasteiger partial charge on any atom is 0.252 e. The zero-order valence-electron chi connectivity index (χ0n) is 18.1. The van der Waals surface area contributed by atoms with Crippen molar-refractivity contribution in [3.8, 4) is 0 Å². The summed E-state index contributed by atoms with van der Waals surface area (Å²) in [5.41, 5.74) is 0.755. The molecule has 2 amide bonds. The van der Waals surface area contributed by atoms with Gasteiger partial charge in [-0.2, -0.15) is 0 Å². The smallest absolute Gasteiger partial charge is 0.252 e. The Bertz CT molecular complexity index is 868. The molecule has 0 radical (unpaired) electrons. The molecule has 0 saturated heterocycles. The van der Waals surface area contributed by atoms with Gasteiger partial charge in [0.1, 0.15) is 24.4 Å². The molecule has 4 N–H and O–H groups in total. The molecule has 3 rings (SSSR count). The maximum absolute atomic E-state index is 12.9. The van der Waals surface area contributed by atoms with E-state index in [4.69, 9.17) is 4.74 Å². The number of fused-ring (bicyclic) bond motifs is 1. The molecule has 1 unspecified atom stereocenters. The van der Waals surface area contributed by atoms with E-state index in [9.17, 15) is 24.9 Å². The van der Waals surface area contributed by atoms with Gasteiger partial charge in [0, 0.05) is 24.8 Å². The highest BCUT2D eigenvalue weighted by Crippen LogP contribution is 2.33. The van der Waals surface area contributed by atoms with Crippen LogP contribution in [0.1, 0.15) is 12.8 Å². The van der Waals surface area contributed by atoms with E-state index in [2.05, 4.69) is 5.32 Å². The fraction of sp³-hybridized carbons (Fsp3) is 0.478. The number of likely N-dealkylation sites (N-methyl/N-ethyl adjacent to an activating group) is 1. The normalized spacial score (nSPS) is 23.0. The summed E-state index contributed by atoms with van der Waals surface area (Å²) in [4.78, 5) is 28.1. The van der Waals surface area contributed by atoms with Gasteiger partial charge in [-0.3, -0.25) is 9.59 Å². The highest BCUT2D eigenvalue weighted by atomic mass is 32.2. The average molecular weight is 463 g/mol. The van der Waals surface area contributed by atoms with Crippen molar-refractivity contribution in [3.63, 3.8) is 0 Å². The van der Waals surface area contributed by atoms with Gasteiger partial charge in [-0.05, 0) is 30.9 Å². The van der Waals surface area contributed by atoms with Gasteiger partial charge >= 0.3 is 0 Å². The summed E-state index contributed by atoms with van der Waals surface area (Å²) in [5, 5.41) is 33.7. The molecule has 1 heterocycles. The largest absolute Gasteiger partial charge is 0.387 e. The first kappa shape index (κ1) is 24.5. The van der Waals surface area contributed by atoms with Crippen LogP contribution in [0.2, 0.25) is 0 Å². The fourth-order valence-corrected chi connectivity index (χ4v) is 4.87. The molecule has 0 bridgehead atoms. The number of rotatable bonds is 8. The number of thioether (sulfide) groups is 1. The number of ether oxygens (including phenoxy) is 1. The van der Waals surface area contributed by atoms with Crippen molar-refractivity contribution >= 4 is 29.3 Å². The number of carbonyl (C=O) groups is 2. The minimum absolute atomic E-state index is 0.246. The van der Waals surface area contributed by atoms with Crippen molar-refractivity contribution in [2.24, 2.45) is 5.92 Å². The molecule has 0 aromatic heterocycles. The van der Waals surface area contributed by atoms with Gasteiger partial charge in [0.15, 0.2) is 6.10 Å². The Labute approximate surface area is 191 Å². The van der Waals surface area contributed by atoms with E-state index in [-0.39, 0.29) is 11.8 Å². The highest BCUT2D eigenvalue weighted by molar-refractivity contribution is 7.99. The molecule has 1 aliphatic carbocycles. The number of nitrogens with zero attached hydrogens (tertiary/aromatic N) is 1. The Morgan fingerprint density at radius 1 is 1.22 bits per heavy atom. The highest BCUT2D eigenvalue weighted by Gasteiger charge is 2.38. The van der Waals surface area contributed by atoms with E-state index < -0.39 is 36.4 Å². The van der Waals surface area contributed by atoms with Gasteiger partial charge < -0.3 is 30.3 Å². The van der Waals surface area contributed by atoms with Crippen molar-refractivity contribution < 1.29 is 29.6 Å². The van der Waals surface area contributed by atoms with Gasteiger partial charge in [0.05, 0.1) is 5.69 Å². The zero-order chi connectivity index (χ0) is 23.3. The van der Waals surface area contributed by atoms with E-state index in [1.807, 2.05) is 36.4 Å². The van der Waals surface area contributed by atoms with Crippen LogP contribution in [-0.4, -0.2) is 77.5 Å². The van der Waals surface area contributed by atoms with Crippen molar-refractivity contribution in [1.29, 1.82) is 0 Å². The number of allylic oxidation sites excluding steroid dienone is 3. The summed E-state index contributed by atoms with van der Waals surface area (Å²) in [6.45, 7) is 0. The van der Waals surface area contributed by atoms with Gasteiger partial charge in [0.25, 0.3) is 5.91 Å². The molecule has 2 aliphatic rings. The second-order valence-electron chi connectivity index (χ2n) is 7.95. The molecule has 32 heavy (non-hydrogen) atoms. The molecule has 1 aromatic rings. The van der Waals surface area contributed by atoms with Crippen LogP contribution in [-0.2, 0) is 14.3 Å². The number of hydrogen-bond acceptors (Lipinski definition) is 7. The molecular weight excluding hydrogens is 432 g/mol. The number of aliphatic hydroxyl groups excluding tert-OH is 3. The number of methoxy groups -OCH3 is 1. The lowest BCUT2D eigenvalue weighted by Crippen LogP contribution is -2.56. The molecule has 1 aromatic carbocycles. The number of carbonyl (C=O) groups excluding carboxylic acids is 2. The quantitative estimate of drug-likeness (QED) is 0.423. The predicted octanol–water partition coefficient (Wildman–Crippen LogP) is 0.860. The zero-order valence-corrected chi connectivity index (χ0v) is 18.9. The first-order valence-corrected chi connectivity index (χ1v) is 11.5. The van der Waals surface area contributed by atoms with Crippen LogP contribution < -0.4 is 10.2 Å². The number of hydrogen-bond donors (Lipinski definition) is 4. The summed E-state index contributed by atoms with van der Waals surface area (Å²) >= 11 is 1.44. The minimum Gasteiger partial charge on any atom is -0.387 e. The summed E-state index contributed by atoms with van der Waals surface area (Å²) in [7, 11) is 2.86. The summed E-state index contributed by atoms with van der Waals surface area (Å²) in [6.07, 6.45) is 2.86. The molecule has 5 atom stereocenters. The van der Waals surface area contributed by atoms with Crippen molar-refractivity contribution in [2.45, 2.75) is 48.2 Å². The Morgan fingerprint density at radius 2 is 1.91 bits per heavy atom. The second kappa shape index (κ2) is 11.1. The predicted molar refractivity (Wildman–Crippen MR) is 122 cm³/mol. The van der Waals surface area contributed by atoms with Gasteiger partial charge in [-0.15, -0.1) is 11.8 Å². The van der Waals surface area contributed by atoms with Crippen molar-refractivity contribution in [1.82, 2.24) is 5.32 Å². The third kappa shape index (κ3) is 5.60. The number of aliphatic hydroxyl groups is 3. The monoisotopic (exact) mass is 462 g/mol. The molecule has 0 fully saturated rings. The first-order chi connectivity index (χ1) is 15.3. The molecule has 174 valence electrons. The van der Waals surface area contributed by atoms with Crippen LogP contribution in [0.25, 0.3) is 0 Å². The van der Waals surface area contributed by atoms with E-state index in [1.165, 1.54) is 29.8 Å². The van der Waals surface area contributed by atoms with E-state index in [0.717, 1.165) is 23.4 Å². The third-order valence-corrected chi connectivity index (χ3v) is 6.88. The second-order valence-corrected chi connectivity index (χ2v) is 9.01. The van der Waals surface area contributed by atoms with Gasteiger partial charge in [-0.1, -0.05) is 36.4 Å². The summed E-state index contributed by atoms with van der Waals surface area (Å²) in [5.74, 6) is -0.486. The van der Waals surface area contributed by atoms with Crippen LogP contribution in [0.4, 0.5) is 5.69 Å². The van der Waals surface area contributed by atoms with Crippen LogP contribution in [0, 0.1) is 5.92 Å². The Hall–Kier alpha value is -2.17. The third-order valence-electron chi connectivity index (χ3n) is 5.72. The molecule has 0 saturated carbocycles. The molecular formula is C23H30N2O6S. The van der Waals surface area contributed by atoms with Crippen LogP contribution >= 0.6 is 11.8 Å². The van der Waals surface area contributed by atoms with Crippen LogP contribution in [0.3, 0.4) is 0 Å². The van der Waals surface area contributed by atoms with E-state index >= 15 is 0 Å². The number of amides is 2. The molecule has 0 spiro atoms. The Balaban J connectivity index is 1.62. The van der Waals surface area contributed by atoms with Crippen LogP contribution in [0.5, 0.6) is 0 Å². The number of anilines is 1. The lowest BCUT2D eigenvalue weighted by molar-refractivity contribution is -0.150. The fourth-order valence-electron chi connectivity index (χ4n) is 3.77. The van der Waals surface area contributed by atoms with Crippen LogP contribution in [0.15, 0.2) is 53.5 Å². The standard InChI is InChI=1S/C23H30N2O6S/c1-25-16-9-5-6-10-18(16)32-13-15(23(25)30)24-22(29)21(31-2)20(28)19(27)17(26)12-11-14-7-3-4-8-14/h3-6,9-12,14-15,17,19-21,26-28H,7-8,13H2,1-2H3,(H,24,29)/b12-11+/t15?,17-,19+,20-,21-/m1/s1. The molecule has 8 nitrogen and oxygen atoms in total. The number of para-hydroxylation sites is 1. The first-order valence-electron chi connectivity index (χ1n) is 10.5. The topological polar surface area (TPSA) is 119 Å². The minimum atomic E-state index is -1.69. The summed E-state index contributed by atoms with van der Waals surface area (Å²) < 4.78 is 5.12. The SMILES string of the molecule is CO[C@@H](C(=O)NC1CSc2ccccc2N(C)C1=O)[C@H](O)[C@@H](O)[C@H](O)/C=C/C1CC=CC1. The Kier molecular flexibility index (Phi) is 8.50. The lowest BCUT2D eigenvalue weighted by Gasteiger charge is -2.28. The van der Waals surface area contributed by atoms with Crippen molar-refractivity contribution in [2.75, 3.05) is 24.8 Å². The molecule has 1 aliphatic heterocycles. The lowest BCUT2D eigenvalue weighted by atomic mass is 9.99.